The zero-order valence-electron chi connectivity index (χ0n) is 63.2. The highest BCUT2D eigenvalue weighted by Gasteiger charge is 2.49. The van der Waals surface area contributed by atoms with Crippen molar-refractivity contribution in [1.29, 1.82) is 0 Å². The van der Waals surface area contributed by atoms with E-state index in [9.17, 15) is 38.4 Å². The van der Waals surface area contributed by atoms with Crippen molar-refractivity contribution in [3.05, 3.63) is 337 Å². The summed E-state index contributed by atoms with van der Waals surface area (Å²) < 4.78 is 15.3. The lowest BCUT2D eigenvalue weighted by Crippen LogP contribution is -2.67. The van der Waals surface area contributed by atoms with Crippen LogP contribution in [0.3, 0.4) is 0 Å². The summed E-state index contributed by atoms with van der Waals surface area (Å²) >= 11 is 10.6. The highest BCUT2D eigenvalue weighted by Crippen LogP contribution is 2.56. The van der Waals surface area contributed by atoms with E-state index in [1.165, 1.54) is 22.3 Å². The molecule has 1 aliphatic carbocycles. The number of anilines is 7. The van der Waals surface area contributed by atoms with Crippen molar-refractivity contribution < 1.29 is 14.3 Å². The second kappa shape index (κ2) is 44.3. The highest BCUT2D eigenvalue weighted by atomic mass is 35.5. The Morgan fingerprint density at radius 2 is 0.809 bits per heavy atom. The molecule has 20 nitrogen and oxygen atoms in total. The molecule has 3 aliphatic rings. The van der Waals surface area contributed by atoms with E-state index in [1.807, 2.05) is 121 Å². The van der Waals surface area contributed by atoms with Gasteiger partial charge in [-0.3, -0.25) is 57.0 Å². The van der Waals surface area contributed by atoms with E-state index in [-0.39, 0.29) is 22.7 Å². The largest absolute Gasteiger partial charge is 0.489 e. The van der Waals surface area contributed by atoms with Crippen LogP contribution in [-0.4, -0.2) is 113 Å². The molecule has 1 saturated carbocycles. The minimum absolute atomic E-state index is 0.243. The van der Waals surface area contributed by atoms with Crippen LogP contribution in [0.1, 0.15) is 92.2 Å². The number of rotatable bonds is 24. The molecule has 24 heteroatoms. The maximum atomic E-state index is 12.4. The fourth-order valence-corrected chi connectivity index (χ4v) is 16.6. The molecule has 2 unspecified atom stereocenters. The van der Waals surface area contributed by atoms with Crippen molar-refractivity contribution >= 4 is 91.7 Å². The number of alkyl halides is 2. The Kier molecular flexibility index (Phi) is 34.6. The number of nitrogen functional groups attached to an aromatic ring is 1. The average molecular weight is 1560 g/mol. The van der Waals surface area contributed by atoms with Gasteiger partial charge in [0.05, 0.1) is 12.3 Å². The molecule has 2 heterocycles. The molecule has 14 rings (SSSR count). The number of ether oxygens (including phenoxy) is 1. The number of Topliss-reactive ketones (excluding diaryl/α,β-unsaturated/α-hetero) is 2. The first-order valence-electron chi connectivity index (χ1n) is 36.7. The summed E-state index contributed by atoms with van der Waals surface area (Å²) in [6.07, 6.45) is 0.916. The monoisotopic (exact) mass is 1560 g/mol. The number of hydrogen-bond donors (Lipinski definition) is 7. The number of hydrogen-bond acceptors (Lipinski definition) is 20. The Morgan fingerprint density at radius 1 is 0.445 bits per heavy atom. The molecule has 0 aromatic heterocycles. The Labute approximate surface area is 657 Å². The third kappa shape index (κ3) is 23.7. The first-order chi connectivity index (χ1) is 53.2. The van der Waals surface area contributed by atoms with Crippen LogP contribution >= 0.6 is 40.3 Å². The van der Waals surface area contributed by atoms with Crippen LogP contribution < -0.4 is 75.4 Å². The molecular formula is C86H99Cl2N11O9P2. The van der Waals surface area contributed by atoms with E-state index < -0.39 is 47.5 Å². The summed E-state index contributed by atoms with van der Waals surface area (Å²) in [5.74, 6) is 0.527. The lowest BCUT2D eigenvalue weighted by molar-refractivity contribution is -0.145. The van der Waals surface area contributed by atoms with Gasteiger partial charge < -0.3 is 42.8 Å². The molecule has 11 aromatic rings. The summed E-state index contributed by atoms with van der Waals surface area (Å²) in [5.41, 5.74) is 18.3. The fraction of sp³-hybridized carbons (Fsp3) is 0.279. The van der Waals surface area contributed by atoms with E-state index in [1.54, 1.807) is 20.8 Å². The summed E-state index contributed by atoms with van der Waals surface area (Å²) in [7, 11) is 0.159. The van der Waals surface area contributed by atoms with Crippen LogP contribution in [0.2, 0.25) is 0 Å². The second-order valence-electron chi connectivity index (χ2n) is 26.0. The van der Waals surface area contributed by atoms with Gasteiger partial charge >= 0.3 is 0 Å². The molecule has 0 spiro atoms. The molecule has 576 valence electrons. The van der Waals surface area contributed by atoms with Crippen LogP contribution in [0.15, 0.2) is 271 Å². The maximum absolute atomic E-state index is 12.4. The number of nitrogens with two attached hydrogens (primary N) is 2. The number of nitrogens with one attached hydrogen (secondary N) is 5. The van der Waals surface area contributed by atoms with Gasteiger partial charge in [-0.25, -0.2) is 0 Å². The highest BCUT2D eigenvalue weighted by molar-refractivity contribution is 7.53. The number of para-hydroxylation sites is 4. The number of carbonyl (C=O) groups is 2. The van der Waals surface area contributed by atoms with Crippen molar-refractivity contribution in [3.8, 4) is 5.75 Å². The first kappa shape index (κ1) is 85.9. The third-order valence-electron chi connectivity index (χ3n) is 18.7. The van der Waals surface area contributed by atoms with E-state index in [0.29, 0.717) is 90.4 Å². The van der Waals surface area contributed by atoms with Crippen molar-refractivity contribution in [2.75, 3.05) is 97.3 Å². The van der Waals surface area contributed by atoms with Crippen LogP contribution in [-0.2, 0) is 9.59 Å². The molecule has 0 bridgehead atoms. The van der Waals surface area contributed by atoms with Crippen LogP contribution in [0, 0.1) is 13.8 Å². The second-order valence-corrected chi connectivity index (χ2v) is 30.3. The molecule has 11 aromatic carbocycles. The number of benzene rings is 8. The molecule has 9 N–H and O–H groups in total. The zero-order valence-corrected chi connectivity index (χ0v) is 66.6. The standard InChI is InChI=1S/C30H35N4O2P.C18H23N2P.C12H11ClN2O2.C11H9NO2.C7H8O3.C6H7N.C2H6ClN/c1-22(24-12-6-3-7-13-24)33-19-20-34(23(2)25-14-8-4-9-15-25)37(33)21-18-31-27-28(30(36)29(27)35)32-26-16-10-5-11-17-26;1-15(17-9-5-3-6-10-17)19-13-14-20(21-19)16(2)18-11-7-4-8-12-18;13-6-7-14-9-10(12(17)11(9)16)15-8-4-2-1-3-5-8;1-7-9(11(14)10(7)13)12-8-5-3-2-4-6-8;1-3-10-7-4(2)5(8)6(7)9;7-6-4-2-1-3-5-6;3-1-2-4/h3-17,22-23,27-28,31-32H,18-21H2,1-2H3;3-12,15-16,21H,13-14H2,1-2H3;1-5,14-15H,6-7H2;2-6,12H,1H3;3H2,1-2H3;1-5H,7H2;1-2,4H2/t22-,23-,27?,28?;15-,16-;;;;;/m00...../s1. The molecule has 110 heavy (non-hydrogen) atoms. The van der Waals surface area contributed by atoms with Crippen molar-refractivity contribution in [3.63, 3.8) is 0 Å². The molecule has 2 saturated heterocycles. The summed E-state index contributed by atoms with van der Waals surface area (Å²) in [4.78, 5) is 90.7. The fourth-order valence-electron chi connectivity index (χ4n) is 12.3. The summed E-state index contributed by atoms with van der Waals surface area (Å²) in [6, 6.07) is 81.3. The van der Waals surface area contributed by atoms with Crippen molar-refractivity contribution in [2.45, 2.75) is 84.7 Å². The average Bonchev–Trinajstić information content (AvgIpc) is 1.06. The van der Waals surface area contributed by atoms with Gasteiger partial charge in [-0.15, -0.1) is 23.2 Å². The Balaban J connectivity index is 0.000000178. The molecule has 2 aliphatic heterocycles. The summed E-state index contributed by atoms with van der Waals surface area (Å²) in [5, 5.41) is 15.3. The van der Waals surface area contributed by atoms with E-state index in [4.69, 9.17) is 39.4 Å². The molecule has 0 radical (unpaired) electrons. The van der Waals surface area contributed by atoms with E-state index in [2.05, 4.69) is 194 Å². The van der Waals surface area contributed by atoms with Gasteiger partial charge in [0, 0.05) is 139 Å². The molecule has 6 atom stereocenters. The van der Waals surface area contributed by atoms with Gasteiger partial charge in [0.25, 0.3) is 16.3 Å². The molecular weight excluding hydrogens is 1460 g/mol. The Bertz CT molecular complexity index is 4710. The van der Waals surface area contributed by atoms with Crippen molar-refractivity contribution in [1.82, 2.24) is 24.0 Å². The van der Waals surface area contributed by atoms with E-state index in [0.717, 1.165) is 64.0 Å². The van der Waals surface area contributed by atoms with Gasteiger partial charge in [0.2, 0.25) is 27.9 Å². The predicted molar refractivity (Wildman–Crippen MR) is 456 cm³/mol. The lowest BCUT2D eigenvalue weighted by Gasteiger charge is -2.38. The van der Waals surface area contributed by atoms with Crippen LogP contribution in [0.4, 0.5) is 39.8 Å². The SMILES string of the molecule is CCOc1c(C)c(=O)c1=O.C[C@@H](c1ccccc1)N1CCN([C@@H](C)c2ccccc2)P1.C[C@@H](c1ccccc1)N1CCN([C@@H](C)c2ccccc2)P1CCNC1C(=O)C(=O)C1Nc1ccccc1.Cc1c(Nc2ccccc2)c(=O)c1=O.NCCCl.Nc1ccccc1.O=c1c(NCCCl)c(Nc2ccccc2)c1=O. The topological polar surface area (TPSA) is 271 Å². The predicted octanol–water partition coefficient (Wildman–Crippen LogP) is 14.1. The minimum Gasteiger partial charge on any atom is -0.489 e. The summed E-state index contributed by atoms with van der Waals surface area (Å²) in [6.45, 7) is 20.7. The van der Waals surface area contributed by atoms with Gasteiger partial charge in [-0.1, -0.05) is 194 Å². The zero-order chi connectivity index (χ0) is 79.1. The third-order valence-corrected chi connectivity index (χ3v) is 23.7. The Morgan fingerprint density at radius 3 is 1.19 bits per heavy atom. The number of halogens is 2. The first-order valence-corrected chi connectivity index (χ1v) is 40.1. The quantitative estimate of drug-likeness (QED) is 0.0128. The number of ketones is 2. The van der Waals surface area contributed by atoms with Gasteiger partial charge in [0.15, 0.2) is 5.75 Å². The lowest BCUT2D eigenvalue weighted by atomic mass is 9.83. The molecule has 3 fully saturated rings. The van der Waals surface area contributed by atoms with Gasteiger partial charge in [-0.2, -0.15) is 0 Å². The van der Waals surface area contributed by atoms with Crippen LogP contribution in [0.5, 0.6) is 5.75 Å². The van der Waals surface area contributed by atoms with Gasteiger partial charge in [0.1, 0.15) is 23.5 Å². The van der Waals surface area contributed by atoms with E-state index >= 15 is 0 Å². The normalized spacial score (nSPS) is 16.0. The number of nitrogens with zero attached hydrogens (tertiary/aromatic N) is 4. The molecule has 0 amide bonds. The number of carbonyl (C=O) groups excluding carboxylic acids is 2. The maximum Gasteiger partial charge on any atom is 0.268 e. The smallest absolute Gasteiger partial charge is 0.268 e. The van der Waals surface area contributed by atoms with Crippen LogP contribution in [0.25, 0.3) is 0 Å². The minimum atomic E-state index is -0.610. The van der Waals surface area contributed by atoms with Gasteiger partial charge in [-0.05, 0) is 119 Å². The Hall–Kier alpha value is -9.66. The van der Waals surface area contributed by atoms with Crippen molar-refractivity contribution in [2.24, 2.45) is 5.73 Å².